The van der Waals surface area contributed by atoms with Crippen LogP contribution in [-0.2, 0) is 11.3 Å². The first-order valence-electron chi connectivity index (χ1n) is 5.80. The number of pyridine rings is 1. The maximum absolute atomic E-state index is 11.8. The Morgan fingerprint density at radius 3 is 2.78 bits per heavy atom. The smallest absolute Gasteiger partial charge is 0.340 e. The van der Waals surface area contributed by atoms with Crippen molar-refractivity contribution in [2.24, 2.45) is 0 Å². The number of aryl methyl sites for hydroxylation is 1. The van der Waals surface area contributed by atoms with Crippen molar-refractivity contribution >= 4 is 5.97 Å². The molecule has 0 N–H and O–H groups in total. The van der Waals surface area contributed by atoms with Gasteiger partial charge >= 0.3 is 5.97 Å². The molecule has 3 heteroatoms. The molecule has 0 fully saturated rings. The monoisotopic (exact) mass is 241 g/mol. The van der Waals surface area contributed by atoms with Crippen LogP contribution in [-0.4, -0.2) is 11.0 Å². The molecule has 1 heterocycles. The summed E-state index contributed by atoms with van der Waals surface area (Å²) in [6, 6.07) is 9.39. The van der Waals surface area contributed by atoms with E-state index < -0.39 is 0 Å². The van der Waals surface area contributed by atoms with Crippen LogP contribution in [0, 0.1) is 13.8 Å². The standard InChI is InChI=1S/C15H15NO2/c1-11-5-3-6-14(12(11)2)10-18-15(17)13-7-4-8-16-9-13/h3-9H,10H2,1-2H3. The second kappa shape index (κ2) is 5.45. The Morgan fingerprint density at radius 1 is 1.22 bits per heavy atom. The van der Waals surface area contributed by atoms with Gasteiger partial charge in [-0.25, -0.2) is 4.79 Å². The number of ether oxygens (including phenoxy) is 1. The zero-order valence-corrected chi connectivity index (χ0v) is 10.5. The van der Waals surface area contributed by atoms with Crippen LogP contribution in [0.4, 0.5) is 0 Å². The molecular formula is C15H15NO2. The fraction of sp³-hybridized carbons (Fsp3) is 0.200. The first kappa shape index (κ1) is 12.3. The summed E-state index contributed by atoms with van der Waals surface area (Å²) >= 11 is 0. The summed E-state index contributed by atoms with van der Waals surface area (Å²) < 4.78 is 5.27. The number of hydrogen-bond acceptors (Lipinski definition) is 3. The third-order valence-electron chi connectivity index (χ3n) is 2.97. The van der Waals surface area contributed by atoms with E-state index in [1.807, 2.05) is 32.0 Å². The van der Waals surface area contributed by atoms with Crippen LogP contribution in [0.1, 0.15) is 27.0 Å². The quantitative estimate of drug-likeness (QED) is 0.775. The van der Waals surface area contributed by atoms with Gasteiger partial charge < -0.3 is 4.74 Å². The van der Waals surface area contributed by atoms with Crippen LogP contribution in [0.15, 0.2) is 42.7 Å². The lowest BCUT2D eigenvalue weighted by molar-refractivity contribution is 0.0471. The second-order valence-corrected chi connectivity index (χ2v) is 4.18. The zero-order chi connectivity index (χ0) is 13.0. The lowest BCUT2D eigenvalue weighted by Crippen LogP contribution is -2.06. The molecule has 2 aromatic rings. The molecule has 0 saturated carbocycles. The predicted octanol–water partition coefficient (Wildman–Crippen LogP) is 3.06. The van der Waals surface area contributed by atoms with Crippen molar-refractivity contribution in [2.75, 3.05) is 0 Å². The summed E-state index contributed by atoms with van der Waals surface area (Å²) in [6.07, 6.45) is 3.13. The Kier molecular flexibility index (Phi) is 3.72. The highest BCUT2D eigenvalue weighted by atomic mass is 16.5. The van der Waals surface area contributed by atoms with E-state index in [2.05, 4.69) is 4.98 Å². The molecule has 0 amide bonds. The average Bonchev–Trinajstić information content (AvgIpc) is 2.41. The molecular weight excluding hydrogens is 226 g/mol. The molecule has 2 rings (SSSR count). The zero-order valence-electron chi connectivity index (χ0n) is 10.5. The minimum Gasteiger partial charge on any atom is -0.457 e. The van der Waals surface area contributed by atoms with Gasteiger partial charge in [-0.05, 0) is 42.7 Å². The van der Waals surface area contributed by atoms with Gasteiger partial charge in [0, 0.05) is 12.4 Å². The van der Waals surface area contributed by atoms with Gasteiger partial charge in [0.15, 0.2) is 0 Å². The maximum Gasteiger partial charge on any atom is 0.340 e. The molecule has 0 unspecified atom stereocenters. The first-order chi connectivity index (χ1) is 8.68. The van der Waals surface area contributed by atoms with Gasteiger partial charge in [0.2, 0.25) is 0 Å². The number of esters is 1. The lowest BCUT2D eigenvalue weighted by Gasteiger charge is -2.09. The van der Waals surface area contributed by atoms with Crippen molar-refractivity contribution in [3.8, 4) is 0 Å². The Bertz CT molecular complexity index is 550. The minimum absolute atomic E-state index is 0.293. The van der Waals surface area contributed by atoms with Gasteiger partial charge in [0.05, 0.1) is 5.56 Å². The molecule has 0 aliphatic carbocycles. The molecule has 1 aromatic heterocycles. The van der Waals surface area contributed by atoms with E-state index in [0.717, 1.165) is 11.1 Å². The molecule has 0 saturated heterocycles. The fourth-order valence-electron chi connectivity index (χ4n) is 1.68. The molecule has 0 aliphatic rings. The van der Waals surface area contributed by atoms with Crippen molar-refractivity contribution < 1.29 is 9.53 Å². The number of aromatic nitrogens is 1. The highest BCUT2D eigenvalue weighted by Crippen LogP contribution is 2.14. The molecule has 18 heavy (non-hydrogen) atoms. The Morgan fingerprint density at radius 2 is 2.06 bits per heavy atom. The Balaban J connectivity index is 2.04. The summed E-state index contributed by atoms with van der Waals surface area (Å²) in [5.74, 6) is -0.344. The molecule has 92 valence electrons. The number of carbonyl (C=O) groups is 1. The van der Waals surface area contributed by atoms with E-state index >= 15 is 0 Å². The number of rotatable bonds is 3. The maximum atomic E-state index is 11.8. The van der Waals surface area contributed by atoms with Gasteiger partial charge in [-0.15, -0.1) is 0 Å². The summed E-state index contributed by atoms with van der Waals surface area (Å²) in [5, 5.41) is 0. The van der Waals surface area contributed by atoms with E-state index in [0.29, 0.717) is 12.2 Å². The normalized spacial score (nSPS) is 10.1. The molecule has 0 radical (unpaired) electrons. The molecule has 0 atom stereocenters. The van der Waals surface area contributed by atoms with Crippen LogP contribution in [0.3, 0.4) is 0 Å². The van der Waals surface area contributed by atoms with Crippen molar-refractivity contribution in [1.82, 2.24) is 4.98 Å². The van der Waals surface area contributed by atoms with Crippen LogP contribution in [0.25, 0.3) is 0 Å². The third-order valence-corrected chi connectivity index (χ3v) is 2.97. The van der Waals surface area contributed by atoms with E-state index in [1.54, 1.807) is 18.3 Å². The van der Waals surface area contributed by atoms with Crippen LogP contribution < -0.4 is 0 Å². The van der Waals surface area contributed by atoms with Crippen LogP contribution >= 0.6 is 0 Å². The highest BCUT2D eigenvalue weighted by Gasteiger charge is 2.08. The Labute approximate surface area is 106 Å². The van der Waals surface area contributed by atoms with E-state index in [-0.39, 0.29) is 5.97 Å². The summed E-state index contributed by atoms with van der Waals surface area (Å²) in [5.41, 5.74) is 3.87. The number of nitrogens with zero attached hydrogens (tertiary/aromatic N) is 1. The van der Waals surface area contributed by atoms with Crippen molar-refractivity contribution in [3.05, 3.63) is 65.0 Å². The van der Waals surface area contributed by atoms with Gasteiger partial charge in [0.25, 0.3) is 0 Å². The van der Waals surface area contributed by atoms with Gasteiger partial charge in [-0.2, -0.15) is 0 Å². The summed E-state index contributed by atoms with van der Waals surface area (Å²) in [7, 11) is 0. The second-order valence-electron chi connectivity index (χ2n) is 4.18. The molecule has 1 aromatic carbocycles. The van der Waals surface area contributed by atoms with Crippen molar-refractivity contribution in [2.45, 2.75) is 20.5 Å². The van der Waals surface area contributed by atoms with Crippen LogP contribution in [0.5, 0.6) is 0 Å². The van der Waals surface area contributed by atoms with E-state index in [9.17, 15) is 4.79 Å². The summed E-state index contributed by atoms with van der Waals surface area (Å²) in [4.78, 5) is 15.6. The summed E-state index contributed by atoms with van der Waals surface area (Å²) in [6.45, 7) is 4.37. The highest BCUT2D eigenvalue weighted by molar-refractivity contribution is 5.88. The molecule has 0 aliphatic heterocycles. The average molecular weight is 241 g/mol. The topological polar surface area (TPSA) is 39.2 Å². The van der Waals surface area contributed by atoms with Gasteiger partial charge in [0.1, 0.15) is 6.61 Å². The van der Waals surface area contributed by atoms with Crippen LogP contribution in [0.2, 0.25) is 0 Å². The van der Waals surface area contributed by atoms with E-state index in [1.165, 1.54) is 11.8 Å². The Hall–Kier alpha value is -2.16. The fourth-order valence-corrected chi connectivity index (χ4v) is 1.68. The lowest BCUT2D eigenvalue weighted by atomic mass is 10.0. The first-order valence-corrected chi connectivity index (χ1v) is 5.80. The number of carbonyl (C=O) groups excluding carboxylic acids is 1. The van der Waals surface area contributed by atoms with Crippen molar-refractivity contribution in [1.29, 1.82) is 0 Å². The number of benzene rings is 1. The molecule has 0 bridgehead atoms. The number of hydrogen-bond donors (Lipinski definition) is 0. The minimum atomic E-state index is -0.344. The molecule has 0 spiro atoms. The SMILES string of the molecule is Cc1cccc(COC(=O)c2cccnc2)c1C. The predicted molar refractivity (Wildman–Crippen MR) is 69.3 cm³/mol. The van der Waals surface area contributed by atoms with Crippen molar-refractivity contribution in [3.63, 3.8) is 0 Å². The largest absolute Gasteiger partial charge is 0.457 e. The van der Waals surface area contributed by atoms with E-state index in [4.69, 9.17) is 4.74 Å². The van der Waals surface area contributed by atoms with Gasteiger partial charge in [-0.3, -0.25) is 4.98 Å². The third kappa shape index (κ3) is 2.74. The van der Waals surface area contributed by atoms with Gasteiger partial charge in [-0.1, -0.05) is 18.2 Å². The molecule has 3 nitrogen and oxygen atoms in total.